The number of rotatable bonds is 14. The van der Waals surface area contributed by atoms with Crippen molar-refractivity contribution in [3.8, 4) is 0 Å². The van der Waals surface area contributed by atoms with Gasteiger partial charge in [-0.2, -0.15) is 13.2 Å². The van der Waals surface area contributed by atoms with Crippen molar-refractivity contribution in [2.75, 3.05) is 6.61 Å². The van der Waals surface area contributed by atoms with Gasteiger partial charge in [-0.3, -0.25) is 0 Å². The third-order valence-electron chi connectivity index (χ3n) is 6.66. The third kappa shape index (κ3) is 9.13. The van der Waals surface area contributed by atoms with E-state index >= 15 is 0 Å². The van der Waals surface area contributed by atoms with Gasteiger partial charge >= 0.3 is 6.18 Å². The molecule has 2 rings (SSSR count). The first-order valence-electron chi connectivity index (χ1n) is 12.6. The largest absolute Gasteiger partial charge is 0.416 e. The van der Waals surface area contributed by atoms with Gasteiger partial charge in [-0.05, 0) is 68.4 Å². The molecule has 1 aromatic carbocycles. The monoisotopic (exact) mass is 450 g/mol. The number of halogens is 3. The highest BCUT2D eigenvalue weighted by Gasteiger charge is 2.34. The fraction of sp³-hybridized carbons (Fsp3) is 0.643. The van der Waals surface area contributed by atoms with E-state index in [1.54, 1.807) is 6.07 Å². The van der Waals surface area contributed by atoms with E-state index in [4.69, 9.17) is 5.11 Å². The van der Waals surface area contributed by atoms with Crippen molar-refractivity contribution in [3.63, 3.8) is 0 Å². The molecule has 32 heavy (non-hydrogen) atoms. The smallest absolute Gasteiger partial charge is 0.396 e. The molecule has 1 fully saturated rings. The third-order valence-corrected chi connectivity index (χ3v) is 6.66. The molecule has 0 aromatic heterocycles. The molecule has 1 nitrogen and oxygen atoms in total. The minimum atomic E-state index is -4.32. The molecule has 1 aromatic rings. The molecule has 4 heteroatoms. The van der Waals surface area contributed by atoms with Gasteiger partial charge in [0.05, 0.1) is 5.56 Å². The van der Waals surface area contributed by atoms with Crippen LogP contribution in [0.1, 0.15) is 101 Å². The van der Waals surface area contributed by atoms with Crippen molar-refractivity contribution in [2.24, 2.45) is 11.8 Å². The maximum atomic E-state index is 13.4. The Morgan fingerprint density at radius 3 is 2.47 bits per heavy atom. The van der Waals surface area contributed by atoms with Gasteiger partial charge in [-0.1, -0.05) is 81.5 Å². The first-order chi connectivity index (χ1) is 15.5. The molecular weight excluding hydrogens is 409 g/mol. The molecule has 3 atom stereocenters. The Bertz CT molecular complexity index is 692. The van der Waals surface area contributed by atoms with Gasteiger partial charge in [0, 0.05) is 12.5 Å². The summed E-state index contributed by atoms with van der Waals surface area (Å²) in [4.78, 5) is 0. The topological polar surface area (TPSA) is 20.2 Å². The lowest BCUT2D eigenvalue weighted by Gasteiger charge is -2.26. The van der Waals surface area contributed by atoms with E-state index in [1.807, 2.05) is 6.07 Å². The molecule has 0 amide bonds. The Labute approximate surface area is 192 Å². The molecule has 1 unspecified atom stereocenters. The second kappa shape index (κ2) is 14.6. The molecule has 0 heterocycles. The zero-order valence-electron chi connectivity index (χ0n) is 19.6. The molecule has 1 aliphatic carbocycles. The summed E-state index contributed by atoms with van der Waals surface area (Å²) >= 11 is 0. The Kier molecular flexibility index (Phi) is 12.2. The van der Waals surface area contributed by atoms with Crippen LogP contribution in [-0.4, -0.2) is 11.7 Å². The molecule has 0 aliphatic heterocycles. The minimum absolute atomic E-state index is 0.00684. The average Bonchev–Trinajstić information content (AvgIpc) is 3.23. The van der Waals surface area contributed by atoms with E-state index in [1.165, 1.54) is 37.8 Å². The molecule has 1 saturated carbocycles. The number of aliphatic hydroxyl groups is 1. The molecule has 0 saturated heterocycles. The Morgan fingerprint density at radius 2 is 1.75 bits per heavy atom. The second-order valence-electron chi connectivity index (χ2n) is 9.19. The number of alkyl halides is 3. The van der Waals surface area contributed by atoms with Gasteiger partial charge in [0.15, 0.2) is 0 Å². The van der Waals surface area contributed by atoms with Crippen LogP contribution in [0, 0.1) is 11.8 Å². The van der Waals surface area contributed by atoms with E-state index in [0.29, 0.717) is 11.8 Å². The van der Waals surface area contributed by atoms with Crippen LogP contribution in [0.25, 0.3) is 0 Å². The van der Waals surface area contributed by atoms with Crippen LogP contribution in [0.2, 0.25) is 0 Å². The van der Waals surface area contributed by atoms with Gasteiger partial charge in [-0.15, -0.1) is 0 Å². The summed E-state index contributed by atoms with van der Waals surface area (Å²) in [6.45, 7) is 2.43. The van der Waals surface area contributed by atoms with Crippen molar-refractivity contribution in [3.05, 3.63) is 59.7 Å². The summed E-state index contributed by atoms with van der Waals surface area (Å²) in [5, 5.41) is 8.94. The van der Waals surface area contributed by atoms with Crippen LogP contribution >= 0.6 is 0 Å². The molecule has 180 valence electrons. The van der Waals surface area contributed by atoms with Crippen molar-refractivity contribution in [1.82, 2.24) is 0 Å². The lowest BCUT2D eigenvalue weighted by Crippen LogP contribution is -2.16. The first kappa shape index (κ1) is 26.7. The summed E-state index contributed by atoms with van der Waals surface area (Å²) in [6, 6.07) is 5.93. The van der Waals surface area contributed by atoms with Crippen LogP contribution in [0.4, 0.5) is 13.2 Å². The lowest BCUT2D eigenvalue weighted by molar-refractivity contribution is -0.137. The van der Waals surface area contributed by atoms with E-state index in [0.717, 1.165) is 56.9 Å². The zero-order chi connectivity index (χ0) is 23.2. The van der Waals surface area contributed by atoms with Crippen LogP contribution in [0.3, 0.4) is 0 Å². The summed E-state index contributed by atoms with van der Waals surface area (Å²) in [5.41, 5.74) is 0.219. The maximum absolute atomic E-state index is 13.4. The van der Waals surface area contributed by atoms with Gasteiger partial charge in [-0.25, -0.2) is 0 Å². The Balaban J connectivity index is 2.14. The summed E-state index contributed by atoms with van der Waals surface area (Å²) in [6.07, 6.45) is 17.7. The van der Waals surface area contributed by atoms with Gasteiger partial charge < -0.3 is 5.11 Å². The van der Waals surface area contributed by atoms with Crippen LogP contribution < -0.4 is 0 Å². The predicted molar refractivity (Wildman–Crippen MR) is 128 cm³/mol. The predicted octanol–water partition coefficient (Wildman–Crippen LogP) is 8.84. The molecule has 0 bridgehead atoms. The second-order valence-corrected chi connectivity index (χ2v) is 9.19. The number of aliphatic hydroxyl groups excluding tert-OH is 1. The van der Waals surface area contributed by atoms with Crippen molar-refractivity contribution in [1.29, 1.82) is 0 Å². The summed E-state index contributed by atoms with van der Waals surface area (Å²) in [7, 11) is 0. The van der Waals surface area contributed by atoms with Gasteiger partial charge in [0.1, 0.15) is 0 Å². The first-order valence-corrected chi connectivity index (χ1v) is 12.6. The Hall–Kier alpha value is -1.55. The van der Waals surface area contributed by atoms with Crippen molar-refractivity contribution < 1.29 is 18.3 Å². The molecule has 0 spiro atoms. The lowest BCUT2D eigenvalue weighted by atomic mass is 9.78. The fourth-order valence-electron chi connectivity index (χ4n) is 4.88. The summed E-state index contributed by atoms with van der Waals surface area (Å²) < 4.78 is 40.1. The fourth-order valence-corrected chi connectivity index (χ4v) is 4.88. The van der Waals surface area contributed by atoms with E-state index < -0.39 is 11.7 Å². The van der Waals surface area contributed by atoms with Crippen molar-refractivity contribution >= 4 is 0 Å². The van der Waals surface area contributed by atoms with Crippen LogP contribution in [-0.2, 0) is 6.18 Å². The highest BCUT2D eigenvalue weighted by atomic mass is 19.4. The Morgan fingerprint density at radius 1 is 1.00 bits per heavy atom. The number of unbranched alkanes of at least 4 members (excludes halogenated alkanes) is 7. The average molecular weight is 451 g/mol. The van der Waals surface area contributed by atoms with Crippen molar-refractivity contribution in [2.45, 2.75) is 96.1 Å². The number of hydrogen-bond acceptors (Lipinski definition) is 1. The van der Waals surface area contributed by atoms with Gasteiger partial charge in [0.25, 0.3) is 0 Å². The van der Waals surface area contributed by atoms with Crippen LogP contribution in [0.15, 0.2) is 48.6 Å². The number of hydrogen-bond donors (Lipinski definition) is 1. The SMILES string of the molecule is CCCCCCC=C[C@H]1CCC[C@@H]1C(C=CCCCCCO)c1cccc(C(F)(F)F)c1. The molecular formula is C28H41F3O. The number of benzene rings is 1. The molecule has 1 aliphatic rings. The quantitative estimate of drug-likeness (QED) is 0.222. The van der Waals surface area contributed by atoms with Gasteiger partial charge in [0.2, 0.25) is 0 Å². The standard InChI is InChI=1S/C28H41F3O/c1-2-3-4-5-7-10-15-23-16-14-20-26(23)27(19-11-8-6-9-12-21-32)24-17-13-18-25(22-24)28(29,30)31/h10-11,13,15,17-19,22-23,26-27,32H,2-9,12,14,16,20-21H2,1H3/t23-,26-,27?/m0/s1. The maximum Gasteiger partial charge on any atom is 0.416 e. The normalized spacial score (nSPS) is 20.5. The van der Waals surface area contributed by atoms with Crippen LogP contribution in [0.5, 0.6) is 0 Å². The highest BCUT2D eigenvalue weighted by molar-refractivity contribution is 5.32. The molecule has 1 N–H and O–H groups in total. The highest BCUT2D eigenvalue weighted by Crippen LogP contribution is 2.44. The molecule has 0 radical (unpaired) electrons. The van der Waals surface area contributed by atoms with E-state index in [2.05, 4.69) is 31.2 Å². The van der Waals surface area contributed by atoms with E-state index in [-0.39, 0.29) is 12.5 Å². The summed E-state index contributed by atoms with van der Waals surface area (Å²) in [5.74, 6) is 0.784. The minimum Gasteiger partial charge on any atom is -0.396 e. The zero-order valence-corrected chi connectivity index (χ0v) is 19.6. The van der Waals surface area contributed by atoms with E-state index in [9.17, 15) is 13.2 Å². The number of allylic oxidation sites excluding steroid dienone is 4.